The summed E-state index contributed by atoms with van der Waals surface area (Å²) in [4.78, 5) is 25.1. The maximum Gasteiger partial charge on any atom is 0.336 e. The van der Waals surface area contributed by atoms with Crippen LogP contribution in [0.3, 0.4) is 0 Å². The van der Waals surface area contributed by atoms with Gasteiger partial charge in [-0.3, -0.25) is 0 Å². The number of dihydropyridines is 1. The standard InChI is InChI=1S/C20H23F2NO4/c1-5-26-19(24)14-12(4)23-17(18(21)22)16(20(25)27-6-2)15(14)13-9-7-11(3)8-10-13/h7-10,15,18,23H,5-6H2,1-4H3. The Morgan fingerprint density at radius 2 is 1.52 bits per heavy atom. The normalized spacial score (nSPS) is 17.1. The lowest BCUT2D eigenvalue weighted by Gasteiger charge is -2.31. The van der Waals surface area contributed by atoms with Crippen LogP contribution in [-0.2, 0) is 19.1 Å². The molecule has 1 N–H and O–H groups in total. The molecule has 2 rings (SSSR count). The summed E-state index contributed by atoms with van der Waals surface area (Å²) in [5, 5.41) is 2.51. The van der Waals surface area contributed by atoms with Gasteiger partial charge in [0.15, 0.2) is 0 Å². The molecular weight excluding hydrogens is 356 g/mol. The van der Waals surface area contributed by atoms with E-state index >= 15 is 0 Å². The molecule has 0 saturated heterocycles. The second-order valence-electron chi connectivity index (χ2n) is 6.08. The van der Waals surface area contributed by atoms with Crippen LogP contribution in [0.5, 0.6) is 0 Å². The molecule has 0 saturated carbocycles. The Labute approximate surface area is 157 Å². The summed E-state index contributed by atoms with van der Waals surface area (Å²) in [6.45, 7) is 6.78. The molecule has 146 valence electrons. The molecule has 1 aliphatic heterocycles. The summed E-state index contributed by atoms with van der Waals surface area (Å²) in [6, 6.07) is 7.00. The lowest BCUT2D eigenvalue weighted by atomic mass is 9.80. The largest absolute Gasteiger partial charge is 0.463 e. The number of rotatable bonds is 6. The van der Waals surface area contributed by atoms with Crippen LogP contribution in [-0.4, -0.2) is 31.6 Å². The van der Waals surface area contributed by atoms with Crippen LogP contribution in [0, 0.1) is 6.92 Å². The Balaban J connectivity index is 2.71. The van der Waals surface area contributed by atoms with Gasteiger partial charge in [0.25, 0.3) is 6.43 Å². The maximum atomic E-state index is 13.7. The zero-order valence-electron chi connectivity index (χ0n) is 15.8. The third-order valence-corrected chi connectivity index (χ3v) is 4.21. The van der Waals surface area contributed by atoms with Crippen LogP contribution in [0.1, 0.15) is 37.8 Å². The third kappa shape index (κ3) is 4.35. The van der Waals surface area contributed by atoms with Gasteiger partial charge in [0.1, 0.15) is 0 Å². The number of benzene rings is 1. The molecule has 27 heavy (non-hydrogen) atoms. The Bertz CT molecular complexity index is 782. The summed E-state index contributed by atoms with van der Waals surface area (Å²) in [5.74, 6) is -2.56. The number of carbonyl (C=O) groups excluding carboxylic acids is 2. The number of carbonyl (C=O) groups is 2. The smallest absolute Gasteiger partial charge is 0.336 e. The van der Waals surface area contributed by atoms with Crippen molar-refractivity contribution >= 4 is 11.9 Å². The number of allylic oxidation sites excluding steroid dienone is 2. The fraction of sp³-hybridized carbons (Fsp3) is 0.400. The number of nitrogens with one attached hydrogen (secondary N) is 1. The molecule has 5 nitrogen and oxygen atoms in total. The fourth-order valence-corrected chi connectivity index (χ4v) is 3.03. The van der Waals surface area contributed by atoms with Crippen LogP contribution in [0.25, 0.3) is 0 Å². The van der Waals surface area contributed by atoms with Crippen molar-refractivity contribution in [2.75, 3.05) is 13.2 Å². The maximum absolute atomic E-state index is 13.7. The monoisotopic (exact) mass is 379 g/mol. The third-order valence-electron chi connectivity index (χ3n) is 4.21. The van der Waals surface area contributed by atoms with Gasteiger partial charge in [-0.05, 0) is 33.3 Å². The van der Waals surface area contributed by atoms with E-state index in [1.807, 2.05) is 6.92 Å². The minimum absolute atomic E-state index is 0.0247. The molecule has 1 aliphatic rings. The van der Waals surface area contributed by atoms with Crippen LogP contribution in [0.15, 0.2) is 46.8 Å². The van der Waals surface area contributed by atoms with Crippen molar-refractivity contribution in [1.29, 1.82) is 0 Å². The first-order valence-electron chi connectivity index (χ1n) is 8.72. The zero-order valence-corrected chi connectivity index (χ0v) is 15.8. The number of hydrogen-bond donors (Lipinski definition) is 1. The van der Waals surface area contributed by atoms with Gasteiger partial charge in [-0.25, -0.2) is 18.4 Å². The molecule has 7 heteroatoms. The molecule has 0 aromatic heterocycles. The second kappa shape index (κ2) is 8.79. The van der Waals surface area contributed by atoms with E-state index in [0.29, 0.717) is 5.56 Å². The van der Waals surface area contributed by atoms with Crippen molar-refractivity contribution in [3.63, 3.8) is 0 Å². The van der Waals surface area contributed by atoms with E-state index in [2.05, 4.69) is 5.32 Å². The van der Waals surface area contributed by atoms with Crippen molar-refractivity contribution in [2.24, 2.45) is 0 Å². The van der Waals surface area contributed by atoms with Gasteiger partial charge in [0.2, 0.25) is 0 Å². The Morgan fingerprint density at radius 3 is 2.00 bits per heavy atom. The van der Waals surface area contributed by atoms with Crippen molar-refractivity contribution in [1.82, 2.24) is 5.32 Å². The highest BCUT2D eigenvalue weighted by molar-refractivity contribution is 6.00. The average molecular weight is 379 g/mol. The summed E-state index contributed by atoms with van der Waals surface area (Å²) in [6.07, 6.45) is -2.93. The first kappa shape index (κ1) is 20.6. The zero-order chi connectivity index (χ0) is 20.1. The number of ether oxygens (including phenoxy) is 2. The van der Waals surface area contributed by atoms with Gasteiger partial charge in [-0.2, -0.15) is 0 Å². The lowest BCUT2D eigenvalue weighted by Crippen LogP contribution is -2.35. The topological polar surface area (TPSA) is 64.6 Å². The van der Waals surface area contributed by atoms with E-state index in [1.165, 1.54) is 6.92 Å². The average Bonchev–Trinajstić information content (AvgIpc) is 2.61. The Kier molecular flexibility index (Phi) is 6.71. The number of halogens is 2. The van der Waals surface area contributed by atoms with Crippen LogP contribution < -0.4 is 5.32 Å². The van der Waals surface area contributed by atoms with Gasteiger partial charge < -0.3 is 14.8 Å². The highest BCUT2D eigenvalue weighted by Crippen LogP contribution is 2.40. The quantitative estimate of drug-likeness (QED) is 0.765. The van der Waals surface area contributed by atoms with E-state index in [1.54, 1.807) is 38.1 Å². The predicted molar refractivity (Wildman–Crippen MR) is 96.1 cm³/mol. The first-order valence-corrected chi connectivity index (χ1v) is 8.72. The highest BCUT2D eigenvalue weighted by Gasteiger charge is 2.41. The molecule has 0 bridgehead atoms. The van der Waals surface area contributed by atoms with Gasteiger partial charge in [-0.15, -0.1) is 0 Å². The summed E-state index contributed by atoms with van der Waals surface area (Å²) in [7, 11) is 0. The minimum Gasteiger partial charge on any atom is -0.463 e. The second-order valence-corrected chi connectivity index (χ2v) is 6.08. The molecule has 0 fully saturated rings. The van der Waals surface area contributed by atoms with Crippen LogP contribution in [0.4, 0.5) is 8.78 Å². The van der Waals surface area contributed by atoms with Gasteiger partial charge >= 0.3 is 11.9 Å². The molecule has 1 aromatic carbocycles. The minimum atomic E-state index is -2.93. The summed E-state index contributed by atoms with van der Waals surface area (Å²) in [5.41, 5.74) is 1.01. The molecule has 1 heterocycles. The van der Waals surface area contributed by atoms with Crippen molar-refractivity contribution in [3.05, 3.63) is 57.9 Å². The SMILES string of the molecule is CCOC(=O)C1=C(C)NC(C(F)F)=C(C(=O)OCC)C1c1ccc(C)cc1. The molecule has 0 radical (unpaired) electrons. The summed E-state index contributed by atoms with van der Waals surface area (Å²) >= 11 is 0. The van der Waals surface area contributed by atoms with E-state index < -0.39 is 30.0 Å². The fourth-order valence-electron chi connectivity index (χ4n) is 3.03. The van der Waals surface area contributed by atoms with Crippen LogP contribution in [0.2, 0.25) is 0 Å². The molecule has 0 spiro atoms. The van der Waals surface area contributed by atoms with E-state index in [0.717, 1.165) is 5.56 Å². The molecule has 1 unspecified atom stereocenters. The van der Waals surface area contributed by atoms with Crippen LogP contribution >= 0.6 is 0 Å². The molecule has 1 atom stereocenters. The number of esters is 2. The van der Waals surface area contributed by atoms with Crippen molar-refractivity contribution < 1.29 is 27.8 Å². The molecule has 0 amide bonds. The van der Waals surface area contributed by atoms with Gasteiger partial charge in [0.05, 0.1) is 36.0 Å². The van der Waals surface area contributed by atoms with E-state index in [9.17, 15) is 18.4 Å². The molecule has 1 aromatic rings. The van der Waals surface area contributed by atoms with Crippen molar-refractivity contribution in [2.45, 2.75) is 40.0 Å². The highest BCUT2D eigenvalue weighted by atomic mass is 19.3. The number of alkyl halides is 2. The molecule has 0 aliphatic carbocycles. The number of aryl methyl sites for hydroxylation is 1. The Morgan fingerprint density at radius 1 is 1.00 bits per heavy atom. The predicted octanol–water partition coefficient (Wildman–Crippen LogP) is 3.60. The van der Waals surface area contributed by atoms with Crippen molar-refractivity contribution in [3.8, 4) is 0 Å². The first-order chi connectivity index (χ1) is 12.8. The van der Waals surface area contributed by atoms with E-state index in [4.69, 9.17) is 9.47 Å². The van der Waals surface area contributed by atoms with E-state index in [-0.39, 0.29) is 30.1 Å². The van der Waals surface area contributed by atoms with Gasteiger partial charge in [0, 0.05) is 5.70 Å². The summed E-state index contributed by atoms with van der Waals surface area (Å²) < 4.78 is 37.5. The molecular formula is C20H23F2NO4. The Hall–Kier alpha value is -2.70. The lowest BCUT2D eigenvalue weighted by molar-refractivity contribution is -0.139. The van der Waals surface area contributed by atoms with Gasteiger partial charge in [-0.1, -0.05) is 29.8 Å². The number of hydrogen-bond acceptors (Lipinski definition) is 5.